The van der Waals surface area contributed by atoms with Crippen LogP contribution in [0.2, 0.25) is 0 Å². The van der Waals surface area contributed by atoms with E-state index in [4.69, 9.17) is 0 Å². The number of rotatable bonds is 5. The number of hydrogen-bond donors (Lipinski definition) is 1. The van der Waals surface area contributed by atoms with Crippen LogP contribution in [0.3, 0.4) is 0 Å². The van der Waals surface area contributed by atoms with Crippen molar-refractivity contribution < 1.29 is 21.6 Å². The van der Waals surface area contributed by atoms with E-state index < -0.39 is 34.8 Å². The van der Waals surface area contributed by atoms with Crippen LogP contribution in [0.4, 0.5) is 18.9 Å². The third kappa shape index (κ3) is 5.70. The van der Waals surface area contributed by atoms with Crippen LogP contribution in [-0.4, -0.2) is 20.3 Å². The van der Waals surface area contributed by atoms with Gasteiger partial charge in [-0.1, -0.05) is 15.9 Å². The lowest BCUT2D eigenvalue weighted by Crippen LogP contribution is -2.20. The van der Waals surface area contributed by atoms with Crippen molar-refractivity contribution in [3.05, 3.63) is 27.7 Å². The summed E-state index contributed by atoms with van der Waals surface area (Å²) in [6.07, 6.45) is -5.89. The molecule has 0 atom stereocenters. The summed E-state index contributed by atoms with van der Waals surface area (Å²) in [7, 11) is -3.78. The van der Waals surface area contributed by atoms with Gasteiger partial charge in [-0.25, -0.2) is 8.42 Å². The zero-order valence-corrected chi connectivity index (χ0v) is 13.4. The summed E-state index contributed by atoms with van der Waals surface area (Å²) in [6, 6.07) is 3.47. The summed E-state index contributed by atoms with van der Waals surface area (Å²) in [5.41, 5.74) is 1.83. The lowest BCUT2D eigenvalue weighted by atomic mass is 10.1. The summed E-state index contributed by atoms with van der Waals surface area (Å²) in [6.45, 7) is 3.46. The lowest BCUT2D eigenvalue weighted by molar-refractivity contribution is -0.134. The van der Waals surface area contributed by atoms with Crippen LogP contribution in [0.25, 0.3) is 0 Å². The first-order valence-corrected chi connectivity index (χ1v) is 8.29. The van der Waals surface area contributed by atoms with Crippen LogP contribution in [0.15, 0.2) is 16.6 Å². The molecule has 0 spiro atoms. The SMILES string of the molecule is Cc1cc(Br)cc(C)c1NS(=O)(=O)CCCC(F)(F)F. The zero-order valence-electron chi connectivity index (χ0n) is 11.0. The normalized spacial score (nSPS) is 12.5. The van der Waals surface area contributed by atoms with Crippen molar-refractivity contribution in [2.45, 2.75) is 32.9 Å². The average Bonchev–Trinajstić information content (AvgIpc) is 2.21. The van der Waals surface area contributed by atoms with E-state index >= 15 is 0 Å². The van der Waals surface area contributed by atoms with Gasteiger partial charge in [0.15, 0.2) is 0 Å². The van der Waals surface area contributed by atoms with Gasteiger partial charge in [-0.2, -0.15) is 13.2 Å². The summed E-state index contributed by atoms with van der Waals surface area (Å²) in [4.78, 5) is 0. The molecule has 1 rings (SSSR count). The first kappa shape index (κ1) is 17.3. The number of aryl methyl sites for hydroxylation is 2. The van der Waals surface area contributed by atoms with Gasteiger partial charge in [0, 0.05) is 10.9 Å². The summed E-state index contributed by atoms with van der Waals surface area (Å²) < 4.78 is 62.8. The second kappa shape index (κ2) is 6.34. The number of benzene rings is 1. The molecule has 0 bridgehead atoms. The molecule has 0 aliphatic rings. The number of hydrogen-bond acceptors (Lipinski definition) is 2. The smallest absolute Gasteiger partial charge is 0.283 e. The largest absolute Gasteiger partial charge is 0.389 e. The van der Waals surface area contributed by atoms with E-state index in [9.17, 15) is 21.6 Å². The van der Waals surface area contributed by atoms with Gasteiger partial charge in [0.05, 0.1) is 11.4 Å². The van der Waals surface area contributed by atoms with E-state index in [0.717, 1.165) is 4.47 Å². The highest BCUT2D eigenvalue weighted by molar-refractivity contribution is 9.10. The van der Waals surface area contributed by atoms with Gasteiger partial charge in [0.1, 0.15) is 0 Å². The van der Waals surface area contributed by atoms with Gasteiger partial charge in [-0.05, 0) is 43.5 Å². The second-order valence-electron chi connectivity index (χ2n) is 4.55. The van der Waals surface area contributed by atoms with Crippen LogP contribution >= 0.6 is 15.9 Å². The van der Waals surface area contributed by atoms with Crippen LogP contribution in [0, 0.1) is 13.8 Å². The zero-order chi connectivity index (χ0) is 15.6. The van der Waals surface area contributed by atoms with E-state index in [-0.39, 0.29) is 0 Å². The second-order valence-corrected chi connectivity index (χ2v) is 7.31. The Labute approximate surface area is 124 Å². The van der Waals surface area contributed by atoms with Gasteiger partial charge in [-0.15, -0.1) is 0 Å². The molecule has 0 aromatic heterocycles. The molecule has 0 saturated carbocycles. The molecule has 0 saturated heterocycles. The predicted molar refractivity (Wildman–Crippen MR) is 76.3 cm³/mol. The molecule has 0 heterocycles. The van der Waals surface area contributed by atoms with Crippen LogP contribution in [0.1, 0.15) is 24.0 Å². The highest BCUT2D eigenvalue weighted by Gasteiger charge is 2.27. The molecule has 0 unspecified atom stereocenters. The summed E-state index contributed by atoms with van der Waals surface area (Å²) in [5, 5.41) is 0. The summed E-state index contributed by atoms with van der Waals surface area (Å²) >= 11 is 3.29. The Balaban J connectivity index is 2.77. The standard InChI is InChI=1S/C12H15BrF3NO2S/c1-8-6-10(13)7-9(2)11(8)17-20(18,19)5-3-4-12(14,15)16/h6-7,17H,3-5H2,1-2H3. The van der Waals surface area contributed by atoms with Crippen molar-refractivity contribution >= 4 is 31.6 Å². The highest BCUT2D eigenvalue weighted by Crippen LogP contribution is 2.27. The topological polar surface area (TPSA) is 46.2 Å². The van der Waals surface area contributed by atoms with Gasteiger partial charge >= 0.3 is 6.18 Å². The van der Waals surface area contributed by atoms with E-state index in [2.05, 4.69) is 20.7 Å². The maximum absolute atomic E-state index is 12.0. The van der Waals surface area contributed by atoms with Gasteiger partial charge in [-0.3, -0.25) is 4.72 Å². The first-order valence-electron chi connectivity index (χ1n) is 5.84. The molecule has 0 amide bonds. The fourth-order valence-electron chi connectivity index (χ4n) is 1.74. The number of anilines is 1. The van der Waals surface area contributed by atoms with Gasteiger partial charge < -0.3 is 0 Å². The molecule has 114 valence electrons. The Bertz CT molecular complexity index is 562. The van der Waals surface area contributed by atoms with E-state index in [1.54, 1.807) is 26.0 Å². The Hall–Kier alpha value is -0.760. The van der Waals surface area contributed by atoms with Gasteiger partial charge in [0.25, 0.3) is 0 Å². The number of halogens is 4. The maximum atomic E-state index is 12.0. The molecule has 1 aromatic rings. The van der Waals surface area contributed by atoms with Crippen LogP contribution in [0.5, 0.6) is 0 Å². The Morgan fingerprint density at radius 1 is 1.20 bits per heavy atom. The van der Waals surface area contributed by atoms with Crippen LogP contribution in [-0.2, 0) is 10.0 Å². The molecule has 0 radical (unpaired) electrons. The fraction of sp³-hybridized carbons (Fsp3) is 0.500. The van der Waals surface area contributed by atoms with E-state index in [0.29, 0.717) is 16.8 Å². The van der Waals surface area contributed by atoms with Gasteiger partial charge in [0.2, 0.25) is 10.0 Å². The summed E-state index contributed by atoms with van der Waals surface area (Å²) in [5.74, 6) is -0.554. The van der Waals surface area contributed by atoms with Crippen molar-refractivity contribution in [3.8, 4) is 0 Å². The predicted octanol–water partition coefficient (Wildman–Crippen LogP) is 4.15. The van der Waals surface area contributed by atoms with Crippen molar-refractivity contribution in [3.63, 3.8) is 0 Å². The maximum Gasteiger partial charge on any atom is 0.389 e. The highest BCUT2D eigenvalue weighted by atomic mass is 79.9. The Morgan fingerprint density at radius 3 is 2.15 bits per heavy atom. The molecular weight excluding hydrogens is 359 g/mol. The molecule has 1 N–H and O–H groups in total. The Morgan fingerprint density at radius 2 is 1.70 bits per heavy atom. The van der Waals surface area contributed by atoms with Crippen molar-refractivity contribution in [2.75, 3.05) is 10.5 Å². The molecule has 3 nitrogen and oxygen atoms in total. The minimum atomic E-state index is -4.33. The minimum Gasteiger partial charge on any atom is -0.283 e. The monoisotopic (exact) mass is 373 g/mol. The molecule has 1 aromatic carbocycles. The fourth-order valence-corrected chi connectivity index (χ4v) is 3.69. The first-order chi connectivity index (χ1) is 9.00. The van der Waals surface area contributed by atoms with E-state index in [1.807, 2.05) is 0 Å². The molecule has 0 aliphatic carbocycles. The third-order valence-electron chi connectivity index (χ3n) is 2.63. The van der Waals surface area contributed by atoms with Crippen molar-refractivity contribution in [1.82, 2.24) is 0 Å². The molecule has 20 heavy (non-hydrogen) atoms. The number of nitrogens with one attached hydrogen (secondary N) is 1. The number of alkyl halides is 3. The van der Waals surface area contributed by atoms with Crippen molar-refractivity contribution in [1.29, 1.82) is 0 Å². The quantitative estimate of drug-likeness (QED) is 0.842. The molecule has 0 aliphatic heterocycles. The van der Waals surface area contributed by atoms with Crippen LogP contribution < -0.4 is 4.72 Å². The third-order valence-corrected chi connectivity index (χ3v) is 4.43. The number of sulfonamides is 1. The van der Waals surface area contributed by atoms with Crippen molar-refractivity contribution in [2.24, 2.45) is 0 Å². The molecule has 0 fully saturated rings. The van der Waals surface area contributed by atoms with E-state index in [1.165, 1.54) is 0 Å². The molecular formula is C12H15BrF3NO2S. The Kier molecular flexibility index (Phi) is 5.48. The minimum absolute atomic E-state index is 0.417. The lowest BCUT2D eigenvalue weighted by Gasteiger charge is -2.14. The molecule has 8 heteroatoms. The average molecular weight is 374 g/mol.